The van der Waals surface area contributed by atoms with Crippen molar-refractivity contribution in [1.29, 1.82) is 0 Å². The highest BCUT2D eigenvalue weighted by molar-refractivity contribution is 6.00. The molecule has 0 spiro atoms. The van der Waals surface area contributed by atoms with E-state index in [0.29, 0.717) is 24.5 Å². The van der Waals surface area contributed by atoms with E-state index in [9.17, 15) is 14.4 Å². The van der Waals surface area contributed by atoms with Crippen LogP contribution in [0.25, 0.3) is 0 Å². The fraction of sp³-hybridized carbons (Fsp3) is 0.423. The number of hydrogen-bond acceptors (Lipinski definition) is 5. The van der Waals surface area contributed by atoms with Gasteiger partial charge in [0.05, 0.1) is 12.0 Å². The Hall–Kier alpha value is -3.39. The number of benzene rings is 2. The van der Waals surface area contributed by atoms with Crippen molar-refractivity contribution in [2.45, 2.75) is 38.7 Å². The number of ether oxygens (including phenoxy) is 2. The largest absolute Gasteiger partial charge is 0.484 e. The van der Waals surface area contributed by atoms with Crippen molar-refractivity contribution in [3.63, 3.8) is 0 Å². The van der Waals surface area contributed by atoms with Gasteiger partial charge in [-0.3, -0.25) is 14.4 Å². The van der Waals surface area contributed by atoms with E-state index in [-0.39, 0.29) is 42.8 Å². The first-order valence-electron chi connectivity index (χ1n) is 11.8. The van der Waals surface area contributed by atoms with Crippen molar-refractivity contribution < 1.29 is 23.9 Å². The molecule has 2 heterocycles. The SMILES string of the molecule is CCc1ccc(NC(=O)COc2ccc(N3C[C@@H](C(=O)NC[C@H]4CCCO4)CC3=O)cc2)cc1. The summed E-state index contributed by atoms with van der Waals surface area (Å²) < 4.78 is 11.1. The van der Waals surface area contributed by atoms with Gasteiger partial charge in [-0.05, 0) is 61.2 Å². The zero-order valence-corrected chi connectivity index (χ0v) is 19.4. The maximum absolute atomic E-state index is 12.5. The van der Waals surface area contributed by atoms with Crippen molar-refractivity contribution in [3.05, 3.63) is 54.1 Å². The zero-order valence-electron chi connectivity index (χ0n) is 19.4. The summed E-state index contributed by atoms with van der Waals surface area (Å²) >= 11 is 0. The lowest BCUT2D eigenvalue weighted by Gasteiger charge is -2.18. The molecular formula is C26H31N3O5. The summed E-state index contributed by atoms with van der Waals surface area (Å²) in [6.07, 6.45) is 3.19. The van der Waals surface area contributed by atoms with Gasteiger partial charge < -0.3 is 25.0 Å². The minimum absolute atomic E-state index is 0.0772. The highest BCUT2D eigenvalue weighted by atomic mass is 16.5. The number of aryl methyl sites for hydroxylation is 1. The van der Waals surface area contributed by atoms with Crippen molar-refractivity contribution in [3.8, 4) is 5.75 Å². The fourth-order valence-electron chi connectivity index (χ4n) is 4.19. The summed E-state index contributed by atoms with van der Waals surface area (Å²) in [5.74, 6) is -0.293. The molecule has 0 saturated carbocycles. The van der Waals surface area contributed by atoms with E-state index in [0.717, 1.165) is 31.6 Å². The second-order valence-electron chi connectivity index (χ2n) is 8.67. The average Bonchev–Trinajstić information content (AvgIpc) is 3.52. The van der Waals surface area contributed by atoms with Crippen LogP contribution in [0.15, 0.2) is 48.5 Å². The van der Waals surface area contributed by atoms with Gasteiger partial charge in [-0.2, -0.15) is 0 Å². The van der Waals surface area contributed by atoms with E-state index >= 15 is 0 Å². The second-order valence-corrected chi connectivity index (χ2v) is 8.67. The van der Waals surface area contributed by atoms with E-state index in [1.54, 1.807) is 29.2 Å². The Balaban J connectivity index is 1.24. The molecule has 0 aromatic heterocycles. The molecule has 0 unspecified atom stereocenters. The molecule has 34 heavy (non-hydrogen) atoms. The normalized spacial score (nSPS) is 19.8. The molecule has 3 amide bonds. The van der Waals surface area contributed by atoms with Gasteiger partial charge >= 0.3 is 0 Å². The Kier molecular flexibility index (Phi) is 7.80. The van der Waals surface area contributed by atoms with Crippen molar-refractivity contribution in [2.24, 2.45) is 5.92 Å². The third-order valence-electron chi connectivity index (χ3n) is 6.19. The maximum atomic E-state index is 12.5. The number of anilines is 2. The number of amides is 3. The molecule has 180 valence electrons. The van der Waals surface area contributed by atoms with E-state index in [4.69, 9.17) is 9.47 Å². The van der Waals surface area contributed by atoms with Gasteiger partial charge in [0.25, 0.3) is 5.91 Å². The molecule has 2 saturated heterocycles. The molecule has 2 N–H and O–H groups in total. The van der Waals surface area contributed by atoms with E-state index in [1.165, 1.54) is 5.56 Å². The second kappa shape index (κ2) is 11.2. The number of nitrogens with zero attached hydrogens (tertiary/aromatic N) is 1. The molecule has 0 radical (unpaired) electrons. The minimum atomic E-state index is -0.375. The third-order valence-corrected chi connectivity index (χ3v) is 6.19. The Morgan fingerprint density at radius 2 is 1.88 bits per heavy atom. The highest BCUT2D eigenvalue weighted by Gasteiger charge is 2.35. The van der Waals surface area contributed by atoms with E-state index < -0.39 is 0 Å². The summed E-state index contributed by atoms with van der Waals surface area (Å²) in [5, 5.41) is 5.72. The maximum Gasteiger partial charge on any atom is 0.262 e. The smallest absolute Gasteiger partial charge is 0.262 e. The number of carbonyl (C=O) groups excluding carboxylic acids is 3. The minimum Gasteiger partial charge on any atom is -0.484 e. The molecule has 0 aliphatic carbocycles. The van der Waals surface area contributed by atoms with Crippen LogP contribution in [0.1, 0.15) is 31.7 Å². The Morgan fingerprint density at radius 3 is 2.56 bits per heavy atom. The molecule has 2 fully saturated rings. The predicted octanol–water partition coefficient (Wildman–Crippen LogP) is 2.91. The highest BCUT2D eigenvalue weighted by Crippen LogP contribution is 2.27. The summed E-state index contributed by atoms with van der Waals surface area (Å²) in [4.78, 5) is 38.8. The molecule has 2 aliphatic rings. The molecular weight excluding hydrogens is 434 g/mol. The molecule has 2 atom stereocenters. The van der Waals surface area contributed by atoms with Crippen LogP contribution in [0.4, 0.5) is 11.4 Å². The van der Waals surface area contributed by atoms with Crippen LogP contribution < -0.4 is 20.3 Å². The number of carbonyl (C=O) groups is 3. The monoisotopic (exact) mass is 465 g/mol. The van der Waals surface area contributed by atoms with Crippen LogP contribution >= 0.6 is 0 Å². The summed E-state index contributed by atoms with van der Waals surface area (Å²) in [7, 11) is 0. The van der Waals surface area contributed by atoms with Gasteiger partial charge in [0.2, 0.25) is 11.8 Å². The average molecular weight is 466 g/mol. The third kappa shape index (κ3) is 6.14. The standard InChI is InChI=1S/C26H31N3O5/c1-2-18-5-7-20(8-6-18)28-24(30)17-34-22-11-9-21(10-12-22)29-16-19(14-25(29)31)26(32)27-15-23-4-3-13-33-23/h5-12,19,23H,2-4,13-17H2,1H3,(H,27,32)(H,28,30)/t19-,23+/m0/s1. The number of rotatable bonds is 9. The molecule has 2 aromatic carbocycles. The van der Waals surface area contributed by atoms with Crippen LogP contribution in [0.3, 0.4) is 0 Å². The molecule has 0 bridgehead atoms. The van der Waals surface area contributed by atoms with Crippen LogP contribution in [-0.4, -0.2) is 50.1 Å². The molecule has 2 aromatic rings. The van der Waals surface area contributed by atoms with Crippen molar-refractivity contribution in [1.82, 2.24) is 5.32 Å². The van der Waals surface area contributed by atoms with Crippen molar-refractivity contribution >= 4 is 29.1 Å². The van der Waals surface area contributed by atoms with Crippen LogP contribution in [0.2, 0.25) is 0 Å². The molecule has 4 rings (SSSR count). The first-order chi connectivity index (χ1) is 16.5. The van der Waals surface area contributed by atoms with Gasteiger partial charge in [0.15, 0.2) is 6.61 Å². The Morgan fingerprint density at radius 1 is 1.12 bits per heavy atom. The topological polar surface area (TPSA) is 97.0 Å². The van der Waals surface area contributed by atoms with Crippen LogP contribution in [0.5, 0.6) is 5.75 Å². The molecule has 2 aliphatic heterocycles. The fourth-order valence-corrected chi connectivity index (χ4v) is 4.19. The lowest BCUT2D eigenvalue weighted by Crippen LogP contribution is -2.37. The van der Waals surface area contributed by atoms with Gasteiger partial charge in [0, 0.05) is 37.5 Å². The van der Waals surface area contributed by atoms with Gasteiger partial charge in [-0.15, -0.1) is 0 Å². The Labute approximate surface area is 199 Å². The van der Waals surface area contributed by atoms with Gasteiger partial charge in [-0.1, -0.05) is 19.1 Å². The predicted molar refractivity (Wildman–Crippen MR) is 129 cm³/mol. The van der Waals surface area contributed by atoms with Gasteiger partial charge in [-0.25, -0.2) is 0 Å². The van der Waals surface area contributed by atoms with E-state index in [1.807, 2.05) is 24.3 Å². The van der Waals surface area contributed by atoms with Crippen LogP contribution in [0, 0.1) is 5.92 Å². The van der Waals surface area contributed by atoms with Crippen LogP contribution in [-0.2, 0) is 25.5 Å². The molecule has 8 nitrogen and oxygen atoms in total. The first-order valence-corrected chi connectivity index (χ1v) is 11.8. The summed E-state index contributed by atoms with van der Waals surface area (Å²) in [6, 6.07) is 14.7. The lowest BCUT2D eigenvalue weighted by atomic mass is 10.1. The van der Waals surface area contributed by atoms with Crippen molar-refractivity contribution in [2.75, 3.05) is 36.5 Å². The summed E-state index contributed by atoms with van der Waals surface area (Å²) in [5.41, 5.74) is 2.63. The first kappa shape index (κ1) is 23.8. The van der Waals surface area contributed by atoms with Gasteiger partial charge in [0.1, 0.15) is 5.75 Å². The summed E-state index contributed by atoms with van der Waals surface area (Å²) in [6.45, 7) is 3.54. The lowest BCUT2D eigenvalue weighted by molar-refractivity contribution is -0.126. The quantitative estimate of drug-likeness (QED) is 0.594. The molecule has 8 heteroatoms. The number of nitrogens with one attached hydrogen (secondary N) is 2. The van der Waals surface area contributed by atoms with E-state index in [2.05, 4.69) is 17.6 Å². The number of hydrogen-bond donors (Lipinski definition) is 2. The Bertz CT molecular complexity index is 1000. The zero-order chi connectivity index (χ0) is 23.9.